The Morgan fingerprint density at radius 2 is 2.19 bits per heavy atom. The van der Waals surface area contributed by atoms with E-state index in [4.69, 9.17) is 5.11 Å². The predicted octanol–water partition coefficient (Wildman–Crippen LogP) is 2.67. The Morgan fingerprint density at radius 1 is 1.43 bits per heavy atom. The summed E-state index contributed by atoms with van der Waals surface area (Å²) in [6, 6.07) is 5.45. The first-order valence-electron chi connectivity index (χ1n) is 6.90. The summed E-state index contributed by atoms with van der Waals surface area (Å²) in [6.07, 6.45) is 2.59. The number of carbonyl (C=O) groups is 2. The van der Waals surface area contributed by atoms with E-state index in [0.717, 1.165) is 36.0 Å². The molecular weight excluding hydrogens is 286 g/mol. The maximum absolute atomic E-state index is 12.6. The average molecular weight is 305 g/mol. The van der Waals surface area contributed by atoms with Crippen LogP contribution in [0.5, 0.6) is 0 Å². The molecule has 1 amide bonds. The second-order valence-corrected chi connectivity index (χ2v) is 6.72. The molecule has 1 unspecified atom stereocenters. The molecule has 0 bridgehead atoms. The molecule has 5 heteroatoms. The maximum atomic E-state index is 12.6. The van der Waals surface area contributed by atoms with Crippen LogP contribution in [0.3, 0.4) is 0 Å². The summed E-state index contributed by atoms with van der Waals surface area (Å²) < 4.78 is 0. The third-order valence-corrected chi connectivity index (χ3v) is 4.58. The summed E-state index contributed by atoms with van der Waals surface area (Å²) in [4.78, 5) is 25.1. The Kier molecular flexibility index (Phi) is 5.07. The van der Waals surface area contributed by atoms with E-state index in [2.05, 4.69) is 6.92 Å². The minimum Gasteiger partial charge on any atom is -0.478 e. The molecule has 4 nitrogen and oxygen atoms in total. The molecule has 1 saturated heterocycles. The lowest BCUT2D eigenvalue weighted by molar-refractivity contribution is -0.131. The number of aryl methyl sites for hydroxylation is 1. The van der Waals surface area contributed by atoms with Crippen molar-refractivity contribution in [2.24, 2.45) is 0 Å². The van der Waals surface area contributed by atoms with E-state index in [1.165, 1.54) is 6.08 Å². The number of aliphatic carboxylic acids is 1. The fourth-order valence-electron chi connectivity index (χ4n) is 2.31. The number of carboxylic acid groups (broad SMARTS) is 1. The van der Waals surface area contributed by atoms with Gasteiger partial charge >= 0.3 is 5.97 Å². The Balaban J connectivity index is 2.23. The number of carboxylic acids is 1. The molecule has 1 atom stereocenters. The number of hydrogen-bond acceptors (Lipinski definition) is 3. The van der Waals surface area contributed by atoms with Gasteiger partial charge in [0, 0.05) is 35.7 Å². The quantitative estimate of drug-likeness (QED) is 0.872. The Hall–Kier alpha value is -1.75. The highest BCUT2D eigenvalue weighted by molar-refractivity contribution is 7.99. The monoisotopic (exact) mass is 305 g/mol. The second-order valence-electron chi connectivity index (χ2n) is 5.18. The van der Waals surface area contributed by atoms with Crippen LogP contribution in [0.15, 0.2) is 24.3 Å². The maximum Gasteiger partial charge on any atom is 0.328 e. The molecule has 0 spiro atoms. The summed E-state index contributed by atoms with van der Waals surface area (Å²) in [7, 11) is 0. The number of nitrogens with zero attached hydrogens (tertiary/aromatic N) is 1. The van der Waals surface area contributed by atoms with Gasteiger partial charge in [0.15, 0.2) is 0 Å². The lowest BCUT2D eigenvalue weighted by Gasteiger charge is -2.31. The largest absolute Gasteiger partial charge is 0.478 e. The summed E-state index contributed by atoms with van der Waals surface area (Å²) in [5.41, 5.74) is 2.30. The molecule has 2 rings (SSSR count). The lowest BCUT2D eigenvalue weighted by Crippen LogP contribution is -2.41. The summed E-state index contributed by atoms with van der Waals surface area (Å²) in [5.74, 6) is 0.000412. The smallest absolute Gasteiger partial charge is 0.328 e. The van der Waals surface area contributed by atoms with Gasteiger partial charge in [-0.2, -0.15) is 11.8 Å². The van der Waals surface area contributed by atoms with Crippen molar-refractivity contribution in [3.8, 4) is 0 Å². The van der Waals surface area contributed by atoms with Crippen molar-refractivity contribution >= 4 is 29.7 Å². The first kappa shape index (κ1) is 15.6. The zero-order chi connectivity index (χ0) is 15.4. The van der Waals surface area contributed by atoms with Gasteiger partial charge in [-0.05, 0) is 30.2 Å². The van der Waals surface area contributed by atoms with Crippen LogP contribution in [-0.2, 0) is 4.79 Å². The van der Waals surface area contributed by atoms with Crippen molar-refractivity contribution in [2.75, 3.05) is 18.8 Å². The minimum absolute atomic E-state index is 0.0326. The van der Waals surface area contributed by atoms with Crippen LogP contribution in [0.25, 0.3) is 6.08 Å². The Labute approximate surface area is 128 Å². The molecule has 1 aliphatic heterocycles. The molecule has 1 aromatic rings. The van der Waals surface area contributed by atoms with Crippen LogP contribution < -0.4 is 0 Å². The SMILES string of the molecule is Cc1ccc(/C=C/C(=O)O)cc1C(=O)N1CCSC(C)C1. The molecular formula is C16H19NO3S. The van der Waals surface area contributed by atoms with Crippen molar-refractivity contribution < 1.29 is 14.7 Å². The van der Waals surface area contributed by atoms with Gasteiger partial charge in [0.05, 0.1) is 0 Å². The van der Waals surface area contributed by atoms with E-state index < -0.39 is 5.97 Å². The van der Waals surface area contributed by atoms with Gasteiger partial charge in [-0.1, -0.05) is 19.1 Å². The Bertz CT molecular complexity index is 583. The predicted molar refractivity (Wildman–Crippen MR) is 85.7 cm³/mol. The number of thioether (sulfide) groups is 1. The zero-order valence-electron chi connectivity index (χ0n) is 12.2. The van der Waals surface area contributed by atoms with Crippen LogP contribution in [0.4, 0.5) is 0 Å². The van der Waals surface area contributed by atoms with E-state index in [1.54, 1.807) is 6.07 Å². The van der Waals surface area contributed by atoms with Crippen molar-refractivity contribution in [3.05, 3.63) is 41.0 Å². The molecule has 0 radical (unpaired) electrons. The van der Waals surface area contributed by atoms with Gasteiger partial charge in [-0.25, -0.2) is 4.79 Å². The molecule has 1 N–H and O–H groups in total. The molecule has 0 saturated carbocycles. The van der Waals surface area contributed by atoms with Crippen molar-refractivity contribution in [1.82, 2.24) is 4.90 Å². The summed E-state index contributed by atoms with van der Waals surface area (Å²) >= 11 is 1.88. The molecule has 112 valence electrons. The third kappa shape index (κ3) is 4.11. The standard InChI is InChI=1S/C16H19NO3S/c1-11-3-4-13(5-6-15(18)19)9-14(11)16(20)17-7-8-21-12(2)10-17/h3-6,9,12H,7-8,10H2,1-2H3,(H,18,19)/b6-5+. The topological polar surface area (TPSA) is 57.6 Å². The highest BCUT2D eigenvalue weighted by atomic mass is 32.2. The van der Waals surface area contributed by atoms with Crippen LogP contribution in [-0.4, -0.2) is 46.0 Å². The molecule has 1 fully saturated rings. The van der Waals surface area contributed by atoms with Crippen molar-refractivity contribution in [1.29, 1.82) is 0 Å². The fourth-order valence-corrected chi connectivity index (χ4v) is 3.33. The fraction of sp³-hybridized carbons (Fsp3) is 0.375. The number of amides is 1. The van der Waals surface area contributed by atoms with Crippen LogP contribution in [0, 0.1) is 6.92 Å². The normalized spacial score (nSPS) is 19.0. The minimum atomic E-state index is -0.995. The highest BCUT2D eigenvalue weighted by Crippen LogP contribution is 2.21. The van der Waals surface area contributed by atoms with Gasteiger partial charge < -0.3 is 10.0 Å². The van der Waals surface area contributed by atoms with E-state index in [1.807, 2.05) is 35.7 Å². The first-order chi connectivity index (χ1) is 9.97. The van der Waals surface area contributed by atoms with Crippen molar-refractivity contribution in [3.63, 3.8) is 0 Å². The molecule has 1 heterocycles. The number of benzene rings is 1. The molecule has 0 aromatic heterocycles. The van der Waals surface area contributed by atoms with Gasteiger partial charge in [-0.3, -0.25) is 4.79 Å². The molecule has 1 aliphatic rings. The number of rotatable bonds is 3. The molecule has 1 aromatic carbocycles. The van der Waals surface area contributed by atoms with E-state index >= 15 is 0 Å². The van der Waals surface area contributed by atoms with E-state index in [-0.39, 0.29) is 5.91 Å². The highest BCUT2D eigenvalue weighted by Gasteiger charge is 2.23. The molecule has 0 aliphatic carbocycles. The van der Waals surface area contributed by atoms with Gasteiger partial charge in [0.2, 0.25) is 0 Å². The molecule has 21 heavy (non-hydrogen) atoms. The Morgan fingerprint density at radius 3 is 2.86 bits per heavy atom. The average Bonchev–Trinajstić information content (AvgIpc) is 2.45. The van der Waals surface area contributed by atoms with Crippen LogP contribution in [0.2, 0.25) is 0 Å². The van der Waals surface area contributed by atoms with E-state index in [0.29, 0.717) is 10.8 Å². The summed E-state index contributed by atoms with van der Waals surface area (Å²) in [6.45, 7) is 5.56. The van der Waals surface area contributed by atoms with E-state index in [9.17, 15) is 9.59 Å². The summed E-state index contributed by atoms with van der Waals surface area (Å²) in [5, 5.41) is 9.13. The van der Waals surface area contributed by atoms with Crippen LogP contribution in [0.1, 0.15) is 28.4 Å². The van der Waals surface area contributed by atoms with Gasteiger partial charge in [-0.15, -0.1) is 0 Å². The number of carbonyl (C=O) groups excluding carboxylic acids is 1. The third-order valence-electron chi connectivity index (χ3n) is 3.44. The van der Waals surface area contributed by atoms with Crippen LogP contribution >= 0.6 is 11.8 Å². The zero-order valence-corrected chi connectivity index (χ0v) is 13.0. The second kappa shape index (κ2) is 6.80. The first-order valence-corrected chi connectivity index (χ1v) is 7.95. The van der Waals surface area contributed by atoms with Crippen molar-refractivity contribution in [2.45, 2.75) is 19.1 Å². The number of hydrogen-bond donors (Lipinski definition) is 1. The van der Waals surface area contributed by atoms with Gasteiger partial charge in [0.1, 0.15) is 0 Å². The van der Waals surface area contributed by atoms with Gasteiger partial charge in [0.25, 0.3) is 5.91 Å². The lowest BCUT2D eigenvalue weighted by atomic mass is 10.0.